The number of amides is 1. The first kappa shape index (κ1) is 21.0. The van der Waals surface area contributed by atoms with Crippen LogP contribution in [0.4, 0.5) is 36.8 Å². The van der Waals surface area contributed by atoms with Gasteiger partial charge in [-0.1, -0.05) is 18.2 Å². The maximum Gasteiger partial charge on any atom is 0.434 e. The van der Waals surface area contributed by atoms with Gasteiger partial charge in [0.1, 0.15) is 0 Å². The number of fused-ring (bicyclic) bond motifs is 1. The van der Waals surface area contributed by atoms with Crippen molar-refractivity contribution in [3.63, 3.8) is 0 Å². The highest BCUT2D eigenvalue weighted by atomic mass is 19.4. The highest BCUT2D eigenvalue weighted by Gasteiger charge is 2.75. The molecule has 2 rings (SSSR count). The Hall–Kier alpha value is -2.30. The lowest BCUT2D eigenvalue weighted by atomic mass is 9.97. The molecule has 0 saturated carbocycles. The molecule has 1 aliphatic heterocycles. The van der Waals surface area contributed by atoms with Crippen LogP contribution in [0.2, 0.25) is 0 Å². The molecule has 1 aromatic rings. The summed E-state index contributed by atoms with van der Waals surface area (Å²) < 4.78 is 81.0. The van der Waals surface area contributed by atoms with Gasteiger partial charge in [-0.15, -0.1) is 0 Å². The molecule has 27 heavy (non-hydrogen) atoms. The van der Waals surface area contributed by atoms with Gasteiger partial charge in [0.2, 0.25) is 0 Å². The van der Waals surface area contributed by atoms with Crippen molar-refractivity contribution in [1.82, 2.24) is 10.2 Å². The summed E-state index contributed by atoms with van der Waals surface area (Å²) in [5, 5.41) is 10.4. The molecule has 1 amide bonds. The van der Waals surface area contributed by atoms with Crippen LogP contribution in [0, 0.1) is 0 Å². The Labute approximate surface area is 150 Å². The van der Waals surface area contributed by atoms with E-state index >= 15 is 0 Å². The summed E-state index contributed by atoms with van der Waals surface area (Å²) in [6.45, 7) is -0.829. The molecular formula is C16H17F6N3O2. The van der Waals surface area contributed by atoms with Gasteiger partial charge in [0.15, 0.2) is 0 Å². The smallest absolute Gasteiger partial charge is 0.434 e. The summed E-state index contributed by atoms with van der Waals surface area (Å²) in [5.41, 5.74) is -3.41. The molecule has 11 heteroatoms. The minimum atomic E-state index is -5.92. The highest BCUT2D eigenvalue weighted by molar-refractivity contribution is 5.80. The standard InChI is InChI=1S/C16H17F6N3O2/c1-2-25(13(26)27)14(15(17,18)19,16(20,21)22)24-8-7-10-9-23-12-6-4-3-5-11(10)12/h3-6,9-10,24H,2,7-8H2,1H3,(H,26,27). The van der Waals surface area contributed by atoms with Gasteiger partial charge in [-0.3, -0.25) is 15.2 Å². The van der Waals surface area contributed by atoms with Gasteiger partial charge < -0.3 is 5.11 Å². The van der Waals surface area contributed by atoms with E-state index in [2.05, 4.69) is 4.99 Å². The molecular weight excluding hydrogens is 380 g/mol. The lowest BCUT2D eigenvalue weighted by molar-refractivity contribution is -0.344. The van der Waals surface area contributed by atoms with Gasteiger partial charge in [0.05, 0.1) is 5.69 Å². The largest absolute Gasteiger partial charge is 0.465 e. The van der Waals surface area contributed by atoms with E-state index in [-0.39, 0.29) is 6.42 Å². The van der Waals surface area contributed by atoms with E-state index in [4.69, 9.17) is 5.11 Å². The lowest BCUT2D eigenvalue weighted by Crippen LogP contribution is -2.76. The van der Waals surface area contributed by atoms with E-state index in [1.165, 1.54) is 11.5 Å². The molecule has 0 spiro atoms. The van der Waals surface area contributed by atoms with E-state index in [1.807, 2.05) is 0 Å². The van der Waals surface area contributed by atoms with Crippen LogP contribution >= 0.6 is 0 Å². The van der Waals surface area contributed by atoms with Crippen molar-refractivity contribution in [2.45, 2.75) is 37.3 Å². The monoisotopic (exact) mass is 397 g/mol. The molecule has 0 saturated heterocycles. The van der Waals surface area contributed by atoms with Crippen LogP contribution < -0.4 is 5.32 Å². The number of carboxylic acid groups (broad SMARTS) is 1. The molecule has 1 aliphatic rings. The number of para-hydroxylation sites is 1. The van der Waals surface area contributed by atoms with Crippen LogP contribution in [0.25, 0.3) is 0 Å². The number of aliphatic imine (C=N–C) groups is 1. The van der Waals surface area contributed by atoms with Gasteiger partial charge in [-0.2, -0.15) is 26.3 Å². The fourth-order valence-electron chi connectivity index (χ4n) is 3.09. The number of hydrogen-bond donors (Lipinski definition) is 2. The Kier molecular flexibility index (Phi) is 5.74. The number of halogens is 6. The molecule has 0 fully saturated rings. The maximum atomic E-state index is 13.5. The third kappa shape index (κ3) is 3.73. The molecule has 1 aromatic carbocycles. The fourth-order valence-corrected chi connectivity index (χ4v) is 3.09. The molecule has 2 N–H and O–H groups in total. The van der Waals surface area contributed by atoms with Crippen molar-refractivity contribution in [3.05, 3.63) is 29.8 Å². The Morgan fingerprint density at radius 3 is 2.30 bits per heavy atom. The first-order chi connectivity index (χ1) is 12.5. The van der Waals surface area contributed by atoms with Crippen LogP contribution in [-0.2, 0) is 0 Å². The lowest BCUT2D eigenvalue weighted by Gasteiger charge is -2.44. The zero-order chi connectivity index (χ0) is 20.5. The number of rotatable bonds is 6. The predicted molar refractivity (Wildman–Crippen MR) is 85.2 cm³/mol. The summed E-state index contributed by atoms with van der Waals surface area (Å²) >= 11 is 0. The molecule has 0 radical (unpaired) electrons. The van der Waals surface area contributed by atoms with E-state index in [0.29, 0.717) is 11.3 Å². The normalized spacial score (nSPS) is 17.1. The summed E-state index contributed by atoms with van der Waals surface area (Å²) in [6, 6.07) is 6.76. The molecule has 150 valence electrons. The molecule has 0 aromatic heterocycles. The number of carbonyl (C=O) groups is 1. The van der Waals surface area contributed by atoms with Crippen LogP contribution in [0.5, 0.6) is 0 Å². The van der Waals surface area contributed by atoms with Crippen LogP contribution in [-0.4, -0.2) is 53.4 Å². The second-order valence-electron chi connectivity index (χ2n) is 5.89. The van der Waals surface area contributed by atoms with E-state index in [0.717, 1.165) is 6.92 Å². The van der Waals surface area contributed by atoms with Crippen LogP contribution in [0.1, 0.15) is 24.8 Å². The number of nitrogens with zero attached hydrogens (tertiary/aromatic N) is 2. The first-order valence-corrected chi connectivity index (χ1v) is 7.98. The second kappa shape index (κ2) is 7.37. The van der Waals surface area contributed by atoms with Gasteiger partial charge in [0.25, 0.3) is 5.66 Å². The summed E-state index contributed by atoms with van der Waals surface area (Å²) in [7, 11) is 0. The zero-order valence-electron chi connectivity index (χ0n) is 14.1. The third-order valence-corrected chi connectivity index (χ3v) is 4.34. The van der Waals surface area contributed by atoms with E-state index in [1.54, 1.807) is 24.3 Å². The Morgan fingerprint density at radius 2 is 1.78 bits per heavy atom. The average Bonchev–Trinajstić information content (AvgIpc) is 2.94. The van der Waals surface area contributed by atoms with Crippen molar-refractivity contribution in [2.75, 3.05) is 13.1 Å². The number of benzene rings is 1. The van der Waals surface area contributed by atoms with Crippen molar-refractivity contribution in [3.8, 4) is 0 Å². The van der Waals surface area contributed by atoms with Gasteiger partial charge in [-0.05, 0) is 31.5 Å². The third-order valence-electron chi connectivity index (χ3n) is 4.34. The fraction of sp³-hybridized carbons (Fsp3) is 0.500. The van der Waals surface area contributed by atoms with Gasteiger partial charge >= 0.3 is 18.4 Å². The van der Waals surface area contributed by atoms with Crippen molar-refractivity contribution in [2.24, 2.45) is 4.99 Å². The molecule has 1 heterocycles. The summed E-state index contributed by atoms with van der Waals surface area (Å²) in [5.74, 6) is -0.465. The highest BCUT2D eigenvalue weighted by Crippen LogP contribution is 2.45. The Bertz CT molecular complexity index is 703. The number of hydrogen-bond acceptors (Lipinski definition) is 3. The van der Waals surface area contributed by atoms with E-state index < -0.39 is 48.0 Å². The molecule has 0 aliphatic carbocycles. The molecule has 1 atom stereocenters. The van der Waals surface area contributed by atoms with Crippen molar-refractivity contribution < 1.29 is 36.2 Å². The first-order valence-electron chi connectivity index (χ1n) is 7.98. The van der Waals surface area contributed by atoms with Gasteiger partial charge in [0, 0.05) is 18.7 Å². The van der Waals surface area contributed by atoms with Crippen LogP contribution in [0.15, 0.2) is 29.3 Å². The quantitative estimate of drug-likeness (QED) is 0.556. The van der Waals surface area contributed by atoms with E-state index in [9.17, 15) is 31.1 Å². The second-order valence-corrected chi connectivity index (χ2v) is 5.89. The minimum absolute atomic E-state index is 0.119. The topological polar surface area (TPSA) is 64.9 Å². The summed E-state index contributed by atoms with van der Waals surface area (Å²) in [4.78, 5) is 14.5. The average molecular weight is 397 g/mol. The molecule has 0 bridgehead atoms. The zero-order valence-corrected chi connectivity index (χ0v) is 14.1. The van der Waals surface area contributed by atoms with Crippen molar-refractivity contribution in [1.29, 1.82) is 0 Å². The maximum absolute atomic E-state index is 13.5. The van der Waals surface area contributed by atoms with Crippen LogP contribution in [0.3, 0.4) is 0 Å². The number of alkyl halides is 6. The Morgan fingerprint density at radius 1 is 1.19 bits per heavy atom. The molecule has 5 nitrogen and oxygen atoms in total. The SMILES string of the molecule is CCN(C(=O)O)C(NCCC1C=Nc2ccccc21)(C(F)(F)F)C(F)(F)F. The summed E-state index contributed by atoms with van der Waals surface area (Å²) in [6.07, 6.45) is -12.8. The predicted octanol–water partition coefficient (Wildman–Crippen LogP) is 4.29. The Balaban J connectivity index is 2.28. The van der Waals surface area contributed by atoms with Crippen molar-refractivity contribution >= 4 is 18.0 Å². The minimum Gasteiger partial charge on any atom is -0.465 e. The molecule has 1 unspecified atom stereocenters. The number of nitrogens with one attached hydrogen (secondary N) is 1. The van der Waals surface area contributed by atoms with Gasteiger partial charge in [-0.25, -0.2) is 4.79 Å².